The van der Waals surface area contributed by atoms with Crippen LogP contribution in [-0.2, 0) is 0 Å². The lowest BCUT2D eigenvalue weighted by molar-refractivity contribution is 0.500. The van der Waals surface area contributed by atoms with E-state index in [1.54, 1.807) is 19.1 Å². The second kappa shape index (κ2) is 5.77. The molecule has 1 rings (SSSR count). The summed E-state index contributed by atoms with van der Waals surface area (Å²) in [6, 6.07) is 0. The lowest BCUT2D eigenvalue weighted by Crippen LogP contribution is -1.94. The summed E-state index contributed by atoms with van der Waals surface area (Å²) in [6.45, 7) is 11.3. The van der Waals surface area contributed by atoms with Gasteiger partial charge in [0.25, 0.3) is 0 Å². The van der Waals surface area contributed by atoms with Crippen LogP contribution in [0.3, 0.4) is 0 Å². The van der Waals surface area contributed by atoms with Crippen molar-refractivity contribution in [1.82, 2.24) is 10.2 Å². The first kappa shape index (κ1) is 13.6. The van der Waals surface area contributed by atoms with E-state index in [4.69, 9.17) is 9.83 Å². The van der Waals surface area contributed by atoms with E-state index < -0.39 is 5.76 Å². The molecule has 0 aromatic carbocycles. The fourth-order valence-corrected chi connectivity index (χ4v) is 1.23. The molecule has 94 valence electrons. The van der Waals surface area contributed by atoms with Crippen LogP contribution in [0.2, 0.25) is 0 Å². The van der Waals surface area contributed by atoms with Gasteiger partial charge in [-0.25, -0.2) is 9.89 Å². The molecular formula is C13H15N3O2. The zero-order valence-corrected chi connectivity index (χ0v) is 10.4. The summed E-state index contributed by atoms with van der Waals surface area (Å²) in [4.78, 5) is 10.9. The maximum absolute atomic E-state index is 10.9. The Bertz CT molecular complexity index is 600. The van der Waals surface area contributed by atoms with Gasteiger partial charge >= 0.3 is 5.76 Å². The SMILES string of the molecule is C=C(C)C(=CC(=C)C(C)=CC=N)c1n[nH]c(=O)o1. The molecule has 1 heterocycles. The van der Waals surface area contributed by atoms with Gasteiger partial charge in [0.2, 0.25) is 5.89 Å². The maximum atomic E-state index is 10.9. The monoisotopic (exact) mass is 245 g/mol. The topological polar surface area (TPSA) is 82.7 Å². The van der Waals surface area contributed by atoms with Crippen molar-refractivity contribution < 1.29 is 4.42 Å². The van der Waals surface area contributed by atoms with E-state index in [9.17, 15) is 4.79 Å². The van der Waals surface area contributed by atoms with Gasteiger partial charge in [-0.15, -0.1) is 5.10 Å². The molecule has 0 bridgehead atoms. The van der Waals surface area contributed by atoms with Crippen LogP contribution in [0.4, 0.5) is 0 Å². The molecule has 18 heavy (non-hydrogen) atoms. The van der Waals surface area contributed by atoms with E-state index >= 15 is 0 Å². The number of rotatable bonds is 5. The Hall–Kier alpha value is -2.43. The van der Waals surface area contributed by atoms with Crippen LogP contribution in [0.1, 0.15) is 19.7 Å². The molecule has 0 saturated carbocycles. The molecule has 0 aliphatic carbocycles. The summed E-state index contributed by atoms with van der Waals surface area (Å²) in [5, 5.41) is 13.0. The highest BCUT2D eigenvalue weighted by molar-refractivity contribution is 5.77. The third-order valence-corrected chi connectivity index (χ3v) is 2.29. The van der Waals surface area contributed by atoms with E-state index in [0.29, 0.717) is 16.7 Å². The minimum Gasteiger partial charge on any atom is -0.388 e. The van der Waals surface area contributed by atoms with Crippen LogP contribution in [0.15, 0.2) is 51.2 Å². The van der Waals surface area contributed by atoms with E-state index in [1.165, 1.54) is 6.21 Å². The summed E-state index contributed by atoms with van der Waals surface area (Å²) in [5.74, 6) is -0.439. The van der Waals surface area contributed by atoms with Crippen molar-refractivity contribution in [1.29, 1.82) is 5.41 Å². The molecule has 0 aliphatic heterocycles. The molecule has 2 N–H and O–H groups in total. The molecule has 0 radical (unpaired) electrons. The third kappa shape index (κ3) is 3.28. The Morgan fingerprint density at radius 1 is 1.44 bits per heavy atom. The molecule has 0 atom stereocenters. The highest BCUT2D eigenvalue weighted by atomic mass is 16.4. The smallest absolute Gasteiger partial charge is 0.388 e. The molecule has 0 aliphatic rings. The highest BCUT2D eigenvalue weighted by Gasteiger charge is 2.10. The van der Waals surface area contributed by atoms with Crippen LogP contribution in [0, 0.1) is 5.41 Å². The van der Waals surface area contributed by atoms with Crippen molar-refractivity contribution >= 4 is 11.8 Å². The van der Waals surface area contributed by atoms with Crippen LogP contribution in [-0.4, -0.2) is 16.4 Å². The number of aromatic nitrogens is 2. The van der Waals surface area contributed by atoms with Crippen molar-refractivity contribution in [2.75, 3.05) is 0 Å². The van der Waals surface area contributed by atoms with Gasteiger partial charge in [0.15, 0.2) is 0 Å². The van der Waals surface area contributed by atoms with Gasteiger partial charge in [0.05, 0.1) is 0 Å². The van der Waals surface area contributed by atoms with Crippen molar-refractivity contribution in [3.8, 4) is 0 Å². The lowest BCUT2D eigenvalue weighted by Gasteiger charge is -2.04. The lowest BCUT2D eigenvalue weighted by atomic mass is 10.0. The highest BCUT2D eigenvalue weighted by Crippen LogP contribution is 2.22. The second-order valence-electron chi connectivity index (χ2n) is 3.80. The van der Waals surface area contributed by atoms with Gasteiger partial charge in [-0.05, 0) is 42.7 Å². The van der Waals surface area contributed by atoms with Crippen molar-refractivity contribution in [2.45, 2.75) is 13.8 Å². The maximum Gasteiger partial charge on any atom is 0.434 e. The van der Waals surface area contributed by atoms with Gasteiger partial charge in [0.1, 0.15) is 0 Å². The predicted molar refractivity (Wildman–Crippen MR) is 71.6 cm³/mol. The summed E-state index contributed by atoms with van der Waals surface area (Å²) in [5.41, 5.74) is 2.83. The number of hydrogen-bond donors (Lipinski definition) is 2. The average molecular weight is 245 g/mol. The Balaban J connectivity index is 3.18. The minimum atomic E-state index is -0.616. The second-order valence-corrected chi connectivity index (χ2v) is 3.80. The van der Waals surface area contributed by atoms with Crippen molar-refractivity contribution in [3.63, 3.8) is 0 Å². The van der Waals surface area contributed by atoms with Crippen LogP contribution >= 0.6 is 0 Å². The molecule has 5 heteroatoms. The summed E-state index contributed by atoms with van der Waals surface area (Å²) in [6.07, 6.45) is 4.52. The minimum absolute atomic E-state index is 0.177. The zero-order chi connectivity index (χ0) is 13.7. The number of hydrogen-bond acceptors (Lipinski definition) is 4. The quantitative estimate of drug-likeness (QED) is 0.617. The normalized spacial score (nSPS) is 12.3. The molecule has 0 fully saturated rings. The van der Waals surface area contributed by atoms with Gasteiger partial charge in [-0.1, -0.05) is 13.2 Å². The summed E-state index contributed by atoms with van der Waals surface area (Å²) >= 11 is 0. The Morgan fingerprint density at radius 3 is 2.56 bits per heavy atom. The fraction of sp³-hybridized carbons (Fsp3) is 0.154. The van der Waals surface area contributed by atoms with Crippen LogP contribution in [0.5, 0.6) is 0 Å². The van der Waals surface area contributed by atoms with Crippen LogP contribution < -0.4 is 5.76 Å². The summed E-state index contributed by atoms with van der Waals surface area (Å²) in [7, 11) is 0. The van der Waals surface area contributed by atoms with Crippen molar-refractivity contribution in [2.24, 2.45) is 0 Å². The fourth-order valence-electron chi connectivity index (χ4n) is 1.23. The molecule has 1 aromatic rings. The van der Waals surface area contributed by atoms with Crippen molar-refractivity contribution in [3.05, 3.63) is 58.5 Å². The van der Waals surface area contributed by atoms with Crippen LogP contribution in [0.25, 0.3) is 5.57 Å². The Kier molecular flexibility index (Phi) is 4.37. The largest absolute Gasteiger partial charge is 0.434 e. The van der Waals surface area contributed by atoms with E-state index in [-0.39, 0.29) is 5.89 Å². The van der Waals surface area contributed by atoms with Gasteiger partial charge in [-0.2, -0.15) is 0 Å². The Morgan fingerprint density at radius 2 is 2.11 bits per heavy atom. The van der Waals surface area contributed by atoms with Gasteiger partial charge in [-0.3, -0.25) is 0 Å². The third-order valence-electron chi connectivity index (χ3n) is 2.29. The van der Waals surface area contributed by atoms with Gasteiger partial charge < -0.3 is 9.83 Å². The number of aromatic amines is 1. The molecule has 0 spiro atoms. The van der Waals surface area contributed by atoms with E-state index in [1.807, 2.05) is 6.92 Å². The Labute approximate surface area is 105 Å². The standard InChI is InChI=1S/C13H15N3O2/c1-8(2)11(12-15-16-13(17)18-12)7-10(4)9(3)5-6-14/h5-7,14H,1,4H2,2-3H3,(H,16,17). The molecule has 0 saturated heterocycles. The number of nitrogens with one attached hydrogen (secondary N) is 2. The number of H-pyrrole nitrogens is 1. The van der Waals surface area contributed by atoms with Gasteiger partial charge in [0, 0.05) is 11.8 Å². The number of nitrogens with zero attached hydrogens (tertiary/aromatic N) is 1. The zero-order valence-electron chi connectivity index (χ0n) is 10.4. The van der Waals surface area contributed by atoms with E-state index in [0.717, 1.165) is 5.57 Å². The molecule has 1 aromatic heterocycles. The number of allylic oxidation sites excluding steroid dienone is 6. The first-order valence-electron chi connectivity index (χ1n) is 5.25. The molecule has 0 unspecified atom stereocenters. The van der Waals surface area contributed by atoms with E-state index in [2.05, 4.69) is 23.4 Å². The molecule has 5 nitrogen and oxygen atoms in total. The molecule has 0 amide bonds. The first-order valence-corrected chi connectivity index (χ1v) is 5.25. The first-order chi connectivity index (χ1) is 8.45. The predicted octanol–water partition coefficient (Wildman–Crippen LogP) is 2.47. The summed E-state index contributed by atoms with van der Waals surface area (Å²) < 4.78 is 4.89. The average Bonchev–Trinajstić information content (AvgIpc) is 2.72. The molecular weight excluding hydrogens is 230 g/mol.